The van der Waals surface area contributed by atoms with Gasteiger partial charge in [-0.3, -0.25) is 0 Å². The quantitative estimate of drug-likeness (QED) is 0.864. The highest BCUT2D eigenvalue weighted by molar-refractivity contribution is 5.57. The van der Waals surface area contributed by atoms with Crippen molar-refractivity contribution in [3.05, 3.63) is 29.3 Å². The second-order valence-corrected chi connectivity index (χ2v) is 6.12. The molecule has 20 heavy (non-hydrogen) atoms. The average Bonchev–Trinajstić information content (AvgIpc) is 2.44. The molecule has 0 bridgehead atoms. The van der Waals surface area contributed by atoms with E-state index in [1.165, 1.54) is 29.7 Å². The van der Waals surface area contributed by atoms with Crippen molar-refractivity contribution >= 4 is 5.69 Å². The zero-order chi connectivity index (χ0) is 14.5. The summed E-state index contributed by atoms with van der Waals surface area (Å²) in [5.74, 6) is 0. The van der Waals surface area contributed by atoms with Crippen molar-refractivity contribution in [3.8, 4) is 0 Å². The molecule has 0 saturated heterocycles. The Morgan fingerprint density at radius 3 is 2.85 bits per heavy atom. The third-order valence-electron chi connectivity index (χ3n) is 4.12. The minimum Gasteiger partial charge on any atom is -0.393 e. The Bertz CT molecular complexity index is 431. The first-order valence-electron chi connectivity index (χ1n) is 7.79. The number of aliphatic hydroxyl groups excluding tert-OH is 1. The van der Waals surface area contributed by atoms with Gasteiger partial charge in [0.15, 0.2) is 0 Å². The first-order chi connectivity index (χ1) is 9.60. The first-order valence-corrected chi connectivity index (χ1v) is 7.79. The van der Waals surface area contributed by atoms with E-state index < -0.39 is 0 Å². The van der Waals surface area contributed by atoms with Gasteiger partial charge >= 0.3 is 0 Å². The van der Waals surface area contributed by atoms with Crippen LogP contribution in [0.15, 0.2) is 18.2 Å². The van der Waals surface area contributed by atoms with E-state index in [1.54, 1.807) is 0 Å². The number of nitrogens with zero attached hydrogens (tertiary/aromatic N) is 2. The van der Waals surface area contributed by atoms with E-state index in [0.29, 0.717) is 0 Å². The first kappa shape index (κ1) is 15.3. The monoisotopic (exact) mass is 276 g/mol. The van der Waals surface area contributed by atoms with Crippen molar-refractivity contribution in [2.75, 3.05) is 38.6 Å². The molecule has 0 aromatic heterocycles. The predicted molar refractivity (Wildman–Crippen MR) is 85.5 cm³/mol. The molecule has 2 rings (SSSR count). The molecule has 1 aromatic rings. The Kier molecular flexibility index (Phi) is 5.44. The van der Waals surface area contributed by atoms with Crippen LogP contribution in [-0.4, -0.2) is 49.8 Å². The number of likely N-dealkylation sites (N-methyl/N-ethyl adjacent to an activating group) is 1. The lowest BCUT2D eigenvalue weighted by Gasteiger charge is -2.32. The molecule has 0 fully saturated rings. The molecule has 3 nitrogen and oxygen atoms in total. The van der Waals surface area contributed by atoms with Crippen LogP contribution in [0.4, 0.5) is 5.69 Å². The van der Waals surface area contributed by atoms with E-state index >= 15 is 0 Å². The van der Waals surface area contributed by atoms with Gasteiger partial charge in [-0.25, -0.2) is 0 Å². The molecular formula is C17H28N2O. The van der Waals surface area contributed by atoms with Crippen molar-refractivity contribution in [3.63, 3.8) is 0 Å². The van der Waals surface area contributed by atoms with E-state index in [0.717, 1.165) is 32.5 Å². The molecule has 1 aliphatic rings. The number of rotatable bonds is 6. The van der Waals surface area contributed by atoms with Gasteiger partial charge < -0.3 is 14.9 Å². The molecule has 0 amide bonds. The summed E-state index contributed by atoms with van der Waals surface area (Å²) in [6.45, 7) is 5.36. The third kappa shape index (κ3) is 3.97. The molecule has 0 spiro atoms. The van der Waals surface area contributed by atoms with Crippen molar-refractivity contribution in [1.29, 1.82) is 0 Å². The minimum atomic E-state index is -0.216. The third-order valence-corrected chi connectivity index (χ3v) is 4.12. The highest BCUT2D eigenvalue weighted by Gasteiger charge is 2.17. The van der Waals surface area contributed by atoms with Crippen molar-refractivity contribution in [2.45, 2.75) is 38.7 Å². The summed E-state index contributed by atoms with van der Waals surface area (Å²) >= 11 is 0. The van der Waals surface area contributed by atoms with E-state index in [2.05, 4.69) is 42.1 Å². The van der Waals surface area contributed by atoms with Crippen LogP contribution in [0.2, 0.25) is 0 Å². The van der Waals surface area contributed by atoms with E-state index in [1.807, 2.05) is 6.92 Å². The van der Waals surface area contributed by atoms with Gasteiger partial charge in [0.05, 0.1) is 6.10 Å². The molecule has 1 aromatic carbocycles. The van der Waals surface area contributed by atoms with Crippen molar-refractivity contribution in [2.24, 2.45) is 0 Å². The number of aliphatic hydroxyl groups is 1. The Labute approximate surface area is 123 Å². The minimum absolute atomic E-state index is 0.216. The molecule has 1 N–H and O–H groups in total. The number of hydrogen-bond acceptors (Lipinski definition) is 3. The normalized spacial score (nSPS) is 16.4. The van der Waals surface area contributed by atoms with Crippen LogP contribution in [0.25, 0.3) is 0 Å². The summed E-state index contributed by atoms with van der Waals surface area (Å²) < 4.78 is 0. The zero-order valence-corrected chi connectivity index (χ0v) is 13.1. The van der Waals surface area contributed by atoms with Gasteiger partial charge in [0.25, 0.3) is 0 Å². The van der Waals surface area contributed by atoms with E-state index in [4.69, 9.17) is 0 Å². The average molecular weight is 276 g/mol. The molecule has 3 heteroatoms. The SMILES string of the molecule is CC[C@@H](O)Cc1ccc2c(c1)N(CCN(C)C)CCC2. The van der Waals surface area contributed by atoms with Crippen LogP contribution in [0.1, 0.15) is 30.9 Å². The van der Waals surface area contributed by atoms with E-state index in [-0.39, 0.29) is 6.10 Å². The molecule has 1 aliphatic heterocycles. The fraction of sp³-hybridized carbons (Fsp3) is 0.647. The second-order valence-electron chi connectivity index (χ2n) is 6.12. The number of aryl methyl sites for hydroxylation is 1. The number of fused-ring (bicyclic) bond motifs is 1. The summed E-state index contributed by atoms with van der Waals surface area (Å²) in [6, 6.07) is 6.74. The zero-order valence-electron chi connectivity index (χ0n) is 13.1. The van der Waals surface area contributed by atoms with Crippen LogP contribution < -0.4 is 4.90 Å². The standard InChI is InChI=1S/C17H28N2O/c1-4-16(20)12-14-7-8-15-6-5-9-19(17(15)13-14)11-10-18(2)3/h7-8,13,16,20H,4-6,9-12H2,1-3H3/t16-/m1/s1. The van der Waals surface area contributed by atoms with Crippen molar-refractivity contribution < 1.29 is 5.11 Å². The van der Waals surface area contributed by atoms with Gasteiger partial charge in [-0.1, -0.05) is 19.1 Å². The molecular weight excluding hydrogens is 248 g/mol. The lowest BCUT2D eigenvalue weighted by Crippen LogP contribution is -2.35. The number of hydrogen-bond donors (Lipinski definition) is 1. The van der Waals surface area contributed by atoms with Crippen LogP contribution in [-0.2, 0) is 12.8 Å². The predicted octanol–water partition coefficient (Wildman–Crippen LogP) is 2.31. The summed E-state index contributed by atoms with van der Waals surface area (Å²) in [5.41, 5.74) is 4.11. The van der Waals surface area contributed by atoms with Gasteiger partial charge in [0.1, 0.15) is 0 Å². The van der Waals surface area contributed by atoms with E-state index in [9.17, 15) is 5.11 Å². The smallest absolute Gasteiger partial charge is 0.0578 e. The molecule has 0 aliphatic carbocycles. The highest BCUT2D eigenvalue weighted by atomic mass is 16.3. The summed E-state index contributed by atoms with van der Waals surface area (Å²) in [5, 5.41) is 9.84. The summed E-state index contributed by atoms with van der Waals surface area (Å²) in [6.07, 6.45) is 3.81. The topological polar surface area (TPSA) is 26.7 Å². The van der Waals surface area contributed by atoms with Crippen LogP contribution in [0, 0.1) is 0 Å². The maximum atomic E-state index is 9.84. The molecule has 112 valence electrons. The van der Waals surface area contributed by atoms with Gasteiger partial charge in [-0.15, -0.1) is 0 Å². The largest absolute Gasteiger partial charge is 0.393 e. The molecule has 1 atom stereocenters. The Hall–Kier alpha value is -1.06. The maximum absolute atomic E-state index is 9.84. The Balaban J connectivity index is 2.13. The van der Waals surface area contributed by atoms with Gasteiger partial charge in [0, 0.05) is 25.3 Å². The maximum Gasteiger partial charge on any atom is 0.0578 e. The highest BCUT2D eigenvalue weighted by Crippen LogP contribution is 2.28. The summed E-state index contributed by atoms with van der Waals surface area (Å²) in [7, 11) is 4.25. The van der Waals surface area contributed by atoms with Gasteiger partial charge in [-0.2, -0.15) is 0 Å². The Morgan fingerprint density at radius 1 is 1.35 bits per heavy atom. The fourth-order valence-corrected chi connectivity index (χ4v) is 2.79. The lowest BCUT2D eigenvalue weighted by atomic mass is 9.97. The van der Waals surface area contributed by atoms with Crippen LogP contribution in [0.5, 0.6) is 0 Å². The molecule has 0 unspecified atom stereocenters. The lowest BCUT2D eigenvalue weighted by molar-refractivity contribution is 0.171. The molecule has 1 heterocycles. The van der Waals surface area contributed by atoms with Gasteiger partial charge in [-0.05, 0) is 57.0 Å². The fourth-order valence-electron chi connectivity index (χ4n) is 2.79. The molecule has 0 radical (unpaired) electrons. The van der Waals surface area contributed by atoms with Gasteiger partial charge in [0.2, 0.25) is 0 Å². The number of anilines is 1. The second kappa shape index (κ2) is 7.09. The summed E-state index contributed by atoms with van der Waals surface area (Å²) in [4.78, 5) is 4.74. The molecule has 0 saturated carbocycles. The van der Waals surface area contributed by atoms with Crippen LogP contribution in [0.3, 0.4) is 0 Å². The van der Waals surface area contributed by atoms with Crippen LogP contribution >= 0.6 is 0 Å². The Morgan fingerprint density at radius 2 is 2.15 bits per heavy atom. The number of benzene rings is 1. The van der Waals surface area contributed by atoms with Crippen molar-refractivity contribution in [1.82, 2.24) is 4.90 Å².